The first kappa shape index (κ1) is 8.88. The van der Waals surface area contributed by atoms with Gasteiger partial charge in [-0.2, -0.15) is 0 Å². The second-order valence-electron chi connectivity index (χ2n) is 3.04. The Bertz CT molecular complexity index is 223. The Morgan fingerprint density at radius 2 is 2.27 bits per heavy atom. The molecule has 0 spiro atoms. The van der Waals surface area contributed by atoms with Crippen molar-refractivity contribution in [2.45, 2.75) is 20.3 Å². The minimum absolute atomic E-state index is 0.670. The number of hydrogen-bond donors (Lipinski definition) is 1. The van der Waals surface area contributed by atoms with Crippen LogP contribution in [0.5, 0.6) is 0 Å². The number of anilines is 1. The number of nitrogens with two attached hydrogens (primary N) is 1. The lowest BCUT2D eigenvalue weighted by Gasteiger charge is -1.98. The molecule has 1 aromatic heterocycles. The molecule has 0 aromatic carbocycles. The summed E-state index contributed by atoms with van der Waals surface area (Å²) in [5, 5.41) is 0. The van der Waals surface area contributed by atoms with Crippen LogP contribution in [0.1, 0.15) is 18.7 Å². The van der Waals surface area contributed by atoms with E-state index in [0.717, 1.165) is 10.8 Å². The van der Waals surface area contributed by atoms with Gasteiger partial charge in [-0.3, -0.25) is 0 Å². The fourth-order valence-corrected chi connectivity index (χ4v) is 2.30. The standard InChI is InChI=1S/C8H12ClNS/c1-5(2)3-6-4-7(10)8(9)11-6/h4-5H,3,10H2,1-2H3. The molecule has 0 aliphatic carbocycles. The van der Waals surface area contributed by atoms with E-state index in [1.807, 2.05) is 6.07 Å². The fourth-order valence-electron chi connectivity index (χ4n) is 0.937. The van der Waals surface area contributed by atoms with Crippen LogP contribution in [0.15, 0.2) is 6.07 Å². The van der Waals surface area contributed by atoms with Gasteiger partial charge in [0.2, 0.25) is 0 Å². The molecule has 0 atom stereocenters. The van der Waals surface area contributed by atoms with Crippen LogP contribution < -0.4 is 5.73 Å². The Kier molecular flexibility index (Phi) is 2.79. The van der Waals surface area contributed by atoms with Gasteiger partial charge in [0.1, 0.15) is 4.34 Å². The molecule has 1 nitrogen and oxygen atoms in total. The van der Waals surface area contributed by atoms with Crippen molar-refractivity contribution < 1.29 is 0 Å². The Balaban J connectivity index is 2.73. The Morgan fingerprint density at radius 1 is 1.64 bits per heavy atom. The summed E-state index contributed by atoms with van der Waals surface area (Å²) in [4.78, 5) is 1.28. The van der Waals surface area contributed by atoms with Gasteiger partial charge >= 0.3 is 0 Å². The van der Waals surface area contributed by atoms with Gasteiger partial charge in [0.05, 0.1) is 5.69 Å². The third kappa shape index (κ3) is 2.38. The first-order valence-corrected chi connectivity index (χ1v) is 4.82. The molecular weight excluding hydrogens is 178 g/mol. The normalized spacial score (nSPS) is 10.9. The number of nitrogen functional groups attached to an aromatic ring is 1. The molecule has 0 saturated heterocycles. The summed E-state index contributed by atoms with van der Waals surface area (Å²) in [6, 6.07) is 1.97. The second kappa shape index (κ2) is 3.46. The molecule has 0 fully saturated rings. The summed E-state index contributed by atoms with van der Waals surface area (Å²) < 4.78 is 0.723. The maximum Gasteiger partial charge on any atom is 0.116 e. The highest BCUT2D eigenvalue weighted by Crippen LogP contribution is 2.30. The van der Waals surface area contributed by atoms with Gasteiger partial charge in [-0.05, 0) is 18.4 Å². The third-order valence-electron chi connectivity index (χ3n) is 1.37. The SMILES string of the molecule is CC(C)Cc1cc(N)c(Cl)s1. The molecule has 0 aliphatic heterocycles. The van der Waals surface area contributed by atoms with Gasteiger partial charge in [0.15, 0.2) is 0 Å². The van der Waals surface area contributed by atoms with Gasteiger partial charge in [-0.1, -0.05) is 25.4 Å². The monoisotopic (exact) mass is 189 g/mol. The van der Waals surface area contributed by atoms with E-state index in [1.165, 1.54) is 4.88 Å². The lowest BCUT2D eigenvalue weighted by molar-refractivity contribution is 0.654. The predicted octanol–water partition coefficient (Wildman–Crippen LogP) is 3.18. The zero-order chi connectivity index (χ0) is 8.43. The number of hydrogen-bond acceptors (Lipinski definition) is 2. The van der Waals surface area contributed by atoms with Crippen molar-refractivity contribution in [2.75, 3.05) is 5.73 Å². The van der Waals surface area contributed by atoms with E-state index in [9.17, 15) is 0 Å². The number of thiophene rings is 1. The molecule has 0 radical (unpaired) electrons. The number of rotatable bonds is 2. The molecule has 2 N–H and O–H groups in total. The molecule has 3 heteroatoms. The lowest BCUT2D eigenvalue weighted by atomic mass is 10.1. The topological polar surface area (TPSA) is 26.0 Å². The molecule has 1 aromatic rings. The zero-order valence-electron chi connectivity index (χ0n) is 6.73. The fraction of sp³-hybridized carbons (Fsp3) is 0.500. The third-order valence-corrected chi connectivity index (χ3v) is 2.78. The molecule has 0 saturated carbocycles. The highest BCUT2D eigenvalue weighted by Gasteiger charge is 2.04. The number of halogens is 1. The van der Waals surface area contributed by atoms with Crippen LogP contribution in [-0.4, -0.2) is 0 Å². The van der Waals surface area contributed by atoms with Gasteiger partial charge in [-0.25, -0.2) is 0 Å². The van der Waals surface area contributed by atoms with E-state index >= 15 is 0 Å². The van der Waals surface area contributed by atoms with E-state index in [2.05, 4.69) is 13.8 Å². The van der Waals surface area contributed by atoms with E-state index in [-0.39, 0.29) is 0 Å². The van der Waals surface area contributed by atoms with E-state index in [4.69, 9.17) is 17.3 Å². The van der Waals surface area contributed by atoms with Gasteiger partial charge in [0, 0.05) is 4.88 Å². The van der Waals surface area contributed by atoms with E-state index < -0.39 is 0 Å². The van der Waals surface area contributed by atoms with Gasteiger partial charge in [0.25, 0.3) is 0 Å². The van der Waals surface area contributed by atoms with Crippen LogP contribution >= 0.6 is 22.9 Å². The van der Waals surface area contributed by atoms with Crippen molar-refractivity contribution in [3.8, 4) is 0 Å². The van der Waals surface area contributed by atoms with Gasteiger partial charge < -0.3 is 5.73 Å². The Morgan fingerprint density at radius 3 is 2.64 bits per heavy atom. The smallest absolute Gasteiger partial charge is 0.116 e. The highest BCUT2D eigenvalue weighted by atomic mass is 35.5. The summed E-state index contributed by atoms with van der Waals surface area (Å²) in [5.41, 5.74) is 6.31. The summed E-state index contributed by atoms with van der Waals surface area (Å²) >= 11 is 7.39. The predicted molar refractivity (Wildman–Crippen MR) is 52.3 cm³/mol. The Hall–Kier alpha value is -0.210. The van der Waals surface area contributed by atoms with Crippen LogP contribution in [-0.2, 0) is 6.42 Å². The lowest BCUT2D eigenvalue weighted by Crippen LogP contribution is -1.90. The van der Waals surface area contributed by atoms with Crippen LogP contribution in [0.2, 0.25) is 4.34 Å². The average Bonchev–Trinajstić information content (AvgIpc) is 2.10. The first-order chi connectivity index (χ1) is 5.09. The largest absolute Gasteiger partial charge is 0.397 e. The second-order valence-corrected chi connectivity index (χ2v) is 4.78. The summed E-state index contributed by atoms with van der Waals surface area (Å²) in [6.07, 6.45) is 1.07. The summed E-state index contributed by atoms with van der Waals surface area (Å²) in [7, 11) is 0. The van der Waals surface area contributed by atoms with Crippen LogP contribution in [0.25, 0.3) is 0 Å². The molecule has 62 valence electrons. The zero-order valence-corrected chi connectivity index (χ0v) is 8.30. The van der Waals surface area contributed by atoms with Crippen molar-refractivity contribution in [3.05, 3.63) is 15.3 Å². The first-order valence-electron chi connectivity index (χ1n) is 3.63. The minimum Gasteiger partial charge on any atom is -0.397 e. The van der Waals surface area contributed by atoms with Crippen molar-refractivity contribution in [1.82, 2.24) is 0 Å². The van der Waals surface area contributed by atoms with Crippen LogP contribution in [0.3, 0.4) is 0 Å². The molecule has 11 heavy (non-hydrogen) atoms. The van der Waals surface area contributed by atoms with Crippen LogP contribution in [0.4, 0.5) is 5.69 Å². The maximum atomic E-state index is 5.81. The quantitative estimate of drug-likeness (QED) is 0.760. The average molecular weight is 190 g/mol. The van der Waals surface area contributed by atoms with E-state index in [0.29, 0.717) is 11.6 Å². The van der Waals surface area contributed by atoms with Crippen molar-refractivity contribution in [2.24, 2.45) is 5.92 Å². The van der Waals surface area contributed by atoms with Crippen molar-refractivity contribution in [3.63, 3.8) is 0 Å². The summed E-state index contributed by atoms with van der Waals surface area (Å²) in [6.45, 7) is 4.37. The summed E-state index contributed by atoms with van der Waals surface area (Å²) in [5.74, 6) is 0.670. The highest BCUT2D eigenvalue weighted by molar-refractivity contribution is 7.16. The molecule has 0 unspecified atom stereocenters. The van der Waals surface area contributed by atoms with E-state index in [1.54, 1.807) is 11.3 Å². The van der Waals surface area contributed by atoms with Crippen LogP contribution in [0, 0.1) is 5.92 Å². The molecule has 1 heterocycles. The Labute approximate surface area is 76.2 Å². The molecule has 0 aliphatic rings. The van der Waals surface area contributed by atoms with Crippen molar-refractivity contribution >= 4 is 28.6 Å². The van der Waals surface area contributed by atoms with Crippen molar-refractivity contribution in [1.29, 1.82) is 0 Å². The molecule has 0 amide bonds. The molecule has 1 rings (SSSR count). The van der Waals surface area contributed by atoms with Gasteiger partial charge in [-0.15, -0.1) is 11.3 Å². The maximum absolute atomic E-state index is 5.81. The molecule has 0 bridgehead atoms. The molecular formula is C8H12ClNS. The minimum atomic E-state index is 0.670.